The van der Waals surface area contributed by atoms with Crippen molar-refractivity contribution >= 4 is 28.9 Å². The second-order valence-electron chi connectivity index (χ2n) is 3.18. The van der Waals surface area contributed by atoms with Gasteiger partial charge in [-0.25, -0.2) is 4.68 Å². The highest BCUT2D eigenvalue weighted by Crippen LogP contribution is 2.26. The number of nitro benzene ring substituents is 1. The van der Waals surface area contributed by atoms with Gasteiger partial charge >= 0.3 is 0 Å². The minimum absolute atomic E-state index is 0.0800. The van der Waals surface area contributed by atoms with E-state index in [4.69, 9.17) is 23.2 Å². The fourth-order valence-corrected chi connectivity index (χ4v) is 1.58. The fourth-order valence-electron chi connectivity index (χ4n) is 1.27. The van der Waals surface area contributed by atoms with Gasteiger partial charge in [-0.1, -0.05) is 16.8 Å². The van der Waals surface area contributed by atoms with E-state index in [1.165, 1.54) is 16.8 Å². The molecule has 0 amide bonds. The van der Waals surface area contributed by atoms with Gasteiger partial charge in [0.2, 0.25) is 0 Å². The summed E-state index contributed by atoms with van der Waals surface area (Å²) in [4.78, 5) is 10.2. The molecule has 8 heteroatoms. The number of hydrogen-bond donors (Lipinski definition) is 0. The summed E-state index contributed by atoms with van der Waals surface area (Å²) in [5.74, 6) is 0.232. The molecule has 0 aliphatic carbocycles. The molecule has 0 N–H and O–H groups in total. The molecule has 6 nitrogen and oxygen atoms in total. The smallest absolute Gasteiger partial charge is 0.258 e. The predicted octanol–water partition coefficient (Wildman–Crippen LogP) is 2.57. The minimum atomic E-state index is -0.550. The van der Waals surface area contributed by atoms with Crippen LogP contribution in [0.1, 0.15) is 5.69 Å². The first kappa shape index (κ1) is 11.8. The number of halogens is 2. The molecule has 1 heterocycles. The summed E-state index contributed by atoms with van der Waals surface area (Å²) >= 11 is 11.3. The minimum Gasteiger partial charge on any atom is -0.258 e. The fraction of sp³-hybridized carbons (Fsp3) is 0.111. The average Bonchev–Trinajstić information content (AvgIpc) is 2.78. The standard InChI is InChI=1S/C9H6Cl2N4O2/c10-4-6-5-14(13-12-6)7-1-2-8(11)9(3-7)15(16)17/h1-3,5H,4H2. The van der Waals surface area contributed by atoms with Crippen molar-refractivity contribution < 1.29 is 4.92 Å². The number of rotatable bonds is 3. The van der Waals surface area contributed by atoms with Gasteiger partial charge in [0.25, 0.3) is 5.69 Å². The quantitative estimate of drug-likeness (QED) is 0.489. The van der Waals surface area contributed by atoms with Crippen LogP contribution in [-0.4, -0.2) is 19.9 Å². The summed E-state index contributed by atoms with van der Waals surface area (Å²) in [7, 11) is 0. The van der Waals surface area contributed by atoms with Crippen molar-refractivity contribution in [2.75, 3.05) is 0 Å². The number of benzene rings is 1. The van der Waals surface area contributed by atoms with Gasteiger partial charge in [-0.15, -0.1) is 16.7 Å². The third-order valence-corrected chi connectivity index (χ3v) is 2.66. The summed E-state index contributed by atoms with van der Waals surface area (Å²) in [6.07, 6.45) is 1.60. The molecule has 2 aromatic rings. The van der Waals surface area contributed by atoms with Crippen LogP contribution in [0.15, 0.2) is 24.4 Å². The molecule has 1 aromatic heterocycles. The van der Waals surface area contributed by atoms with E-state index < -0.39 is 4.92 Å². The van der Waals surface area contributed by atoms with Crippen molar-refractivity contribution in [3.8, 4) is 5.69 Å². The van der Waals surface area contributed by atoms with Gasteiger partial charge < -0.3 is 0 Å². The largest absolute Gasteiger partial charge is 0.290 e. The maximum absolute atomic E-state index is 10.7. The predicted molar refractivity (Wildman–Crippen MR) is 62.6 cm³/mol. The molecule has 0 saturated carbocycles. The maximum atomic E-state index is 10.7. The molecule has 0 unspecified atom stereocenters. The van der Waals surface area contributed by atoms with Crippen LogP contribution in [0.25, 0.3) is 5.69 Å². The maximum Gasteiger partial charge on any atom is 0.290 e. The van der Waals surface area contributed by atoms with Gasteiger partial charge in [0.05, 0.1) is 28.4 Å². The summed E-state index contributed by atoms with van der Waals surface area (Å²) in [5, 5.41) is 18.4. The van der Waals surface area contributed by atoms with Crippen molar-refractivity contribution in [2.24, 2.45) is 0 Å². The summed E-state index contributed by atoms with van der Waals surface area (Å²) < 4.78 is 1.40. The van der Waals surface area contributed by atoms with E-state index in [9.17, 15) is 10.1 Å². The first-order chi connectivity index (χ1) is 8.11. The molecule has 0 radical (unpaired) electrons. The molecular weight excluding hydrogens is 267 g/mol. The normalized spacial score (nSPS) is 10.5. The van der Waals surface area contributed by atoms with Gasteiger partial charge in [-0.2, -0.15) is 0 Å². The molecule has 17 heavy (non-hydrogen) atoms. The first-order valence-electron chi connectivity index (χ1n) is 4.53. The van der Waals surface area contributed by atoms with Crippen LogP contribution in [0.2, 0.25) is 5.02 Å². The topological polar surface area (TPSA) is 73.8 Å². The van der Waals surface area contributed by atoms with E-state index >= 15 is 0 Å². The molecule has 0 bridgehead atoms. The highest BCUT2D eigenvalue weighted by atomic mass is 35.5. The number of alkyl halides is 1. The Labute approximate surface area is 106 Å². The highest BCUT2D eigenvalue weighted by Gasteiger charge is 2.14. The lowest BCUT2D eigenvalue weighted by atomic mass is 10.3. The molecule has 2 rings (SSSR count). The van der Waals surface area contributed by atoms with Crippen molar-refractivity contribution in [1.82, 2.24) is 15.0 Å². The lowest BCUT2D eigenvalue weighted by Gasteiger charge is -2.00. The van der Waals surface area contributed by atoms with Gasteiger partial charge in [0.15, 0.2) is 0 Å². The zero-order chi connectivity index (χ0) is 12.4. The first-order valence-corrected chi connectivity index (χ1v) is 5.44. The average molecular weight is 273 g/mol. The number of nitro groups is 1. The third-order valence-electron chi connectivity index (χ3n) is 2.07. The van der Waals surface area contributed by atoms with E-state index in [1.807, 2.05) is 0 Å². The van der Waals surface area contributed by atoms with Gasteiger partial charge in [-0.3, -0.25) is 10.1 Å². The van der Waals surface area contributed by atoms with Crippen molar-refractivity contribution in [2.45, 2.75) is 5.88 Å². The Morgan fingerprint density at radius 1 is 1.47 bits per heavy atom. The van der Waals surface area contributed by atoms with E-state index in [0.29, 0.717) is 11.4 Å². The molecule has 0 saturated heterocycles. The Hall–Kier alpha value is -1.66. The van der Waals surface area contributed by atoms with Gasteiger partial charge in [0, 0.05) is 6.07 Å². The van der Waals surface area contributed by atoms with Crippen LogP contribution < -0.4 is 0 Å². The summed E-state index contributed by atoms with van der Waals surface area (Å²) in [5.41, 5.74) is 0.918. The second kappa shape index (κ2) is 4.68. The molecule has 88 valence electrons. The Kier molecular flexibility index (Phi) is 3.26. The number of hydrogen-bond acceptors (Lipinski definition) is 4. The van der Waals surface area contributed by atoms with E-state index in [2.05, 4.69) is 10.3 Å². The van der Waals surface area contributed by atoms with Crippen LogP contribution in [0.4, 0.5) is 5.69 Å². The molecular formula is C9H6Cl2N4O2. The monoisotopic (exact) mass is 272 g/mol. The molecule has 0 aliphatic rings. The lowest BCUT2D eigenvalue weighted by molar-refractivity contribution is -0.384. The summed E-state index contributed by atoms with van der Waals surface area (Å²) in [6, 6.07) is 4.38. The number of nitrogens with zero attached hydrogens (tertiary/aromatic N) is 4. The third kappa shape index (κ3) is 2.37. The van der Waals surface area contributed by atoms with Crippen molar-refractivity contribution in [1.29, 1.82) is 0 Å². The SMILES string of the molecule is O=[N+]([O-])c1cc(-n2cc(CCl)nn2)ccc1Cl. The van der Waals surface area contributed by atoms with Crippen LogP contribution in [0.5, 0.6) is 0 Å². The highest BCUT2D eigenvalue weighted by molar-refractivity contribution is 6.32. The Balaban J connectivity index is 2.46. The number of aromatic nitrogens is 3. The van der Waals surface area contributed by atoms with Crippen LogP contribution in [0, 0.1) is 10.1 Å². The van der Waals surface area contributed by atoms with Crippen LogP contribution in [0.3, 0.4) is 0 Å². The Morgan fingerprint density at radius 3 is 2.82 bits per heavy atom. The molecule has 1 aromatic carbocycles. The molecule has 0 aliphatic heterocycles. The van der Waals surface area contributed by atoms with E-state index in [-0.39, 0.29) is 16.6 Å². The van der Waals surface area contributed by atoms with Crippen LogP contribution in [-0.2, 0) is 5.88 Å². The summed E-state index contributed by atoms with van der Waals surface area (Å²) in [6.45, 7) is 0. The second-order valence-corrected chi connectivity index (χ2v) is 3.86. The molecule has 0 fully saturated rings. The van der Waals surface area contributed by atoms with E-state index in [1.54, 1.807) is 12.3 Å². The zero-order valence-corrected chi connectivity index (χ0v) is 9.89. The molecule has 0 spiro atoms. The van der Waals surface area contributed by atoms with Gasteiger partial charge in [-0.05, 0) is 12.1 Å². The Morgan fingerprint density at radius 2 is 2.24 bits per heavy atom. The van der Waals surface area contributed by atoms with Gasteiger partial charge in [0.1, 0.15) is 5.02 Å². The Bertz CT molecular complexity index is 570. The van der Waals surface area contributed by atoms with Crippen molar-refractivity contribution in [3.05, 3.63) is 45.2 Å². The van der Waals surface area contributed by atoms with Crippen LogP contribution >= 0.6 is 23.2 Å². The van der Waals surface area contributed by atoms with Crippen molar-refractivity contribution in [3.63, 3.8) is 0 Å². The molecule has 0 atom stereocenters. The lowest BCUT2D eigenvalue weighted by Crippen LogP contribution is -1.97. The zero-order valence-electron chi connectivity index (χ0n) is 8.38. The van der Waals surface area contributed by atoms with E-state index in [0.717, 1.165) is 0 Å².